The van der Waals surface area contributed by atoms with E-state index in [0.29, 0.717) is 5.69 Å². The average molecular weight is 223 g/mol. The number of nitrogens with zero attached hydrogens (tertiary/aromatic N) is 1. The van der Waals surface area contributed by atoms with Crippen molar-refractivity contribution < 1.29 is 4.92 Å². The first kappa shape index (κ1) is 12.3. The number of nitro groups is 1. The summed E-state index contributed by atoms with van der Waals surface area (Å²) in [4.78, 5) is 10.2. The maximum absolute atomic E-state index is 10.6. The summed E-state index contributed by atoms with van der Waals surface area (Å²) < 4.78 is 0. The molecule has 0 unspecified atom stereocenters. The van der Waals surface area contributed by atoms with Crippen LogP contribution in [0.15, 0.2) is 18.2 Å². The third-order valence-corrected chi connectivity index (χ3v) is 2.38. The van der Waals surface area contributed by atoms with Gasteiger partial charge in [0, 0.05) is 12.6 Å². The third kappa shape index (κ3) is 3.12. The molecule has 5 nitrogen and oxygen atoms in total. The van der Waals surface area contributed by atoms with Crippen molar-refractivity contribution in [1.29, 1.82) is 0 Å². The number of nitrogens with one attached hydrogen (secondary N) is 1. The average Bonchev–Trinajstić information content (AvgIpc) is 2.26. The van der Waals surface area contributed by atoms with E-state index < -0.39 is 4.92 Å². The lowest BCUT2D eigenvalue weighted by Gasteiger charge is -2.08. The van der Waals surface area contributed by atoms with Crippen molar-refractivity contribution in [3.8, 4) is 0 Å². The highest BCUT2D eigenvalue weighted by Crippen LogP contribution is 2.28. The van der Waals surface area contributed by atoms with Crippen LogP contribution < -0.4 is 11.1 Å². The Kier molecular flexibility index (Phi) is 4.57. The molecule has 5 heteroatoms. The highest BCUT2D eigenvalue weighted by atomic mass is 16.6. The molecule has 0 spiro atoms. The molecule has 88 valence electrons. The highest BCUT2D eigenvalue weighted by Gasteiger charge is 2.13. The summed E-state index contributed by atoms with van der Waals surface area (Å²) in [5.41, 5.74) is 6.51. The lowest BCUT2D eigenvalue weighted by atomic mass is 10.2. The van der Waals surface area contributed by atoms with Gasteiger partial charge >= 0.3 is 0 Å². The van der Waals surface area contributed by atoms with Crippen LogP contribution in [0.5, 0.6) is 0 Å². The van der Waals surface area contributed by atoms with Crippen LogP contribution in [-0.4, -0.2) is 11.5 Å². The van der Waals surface area contributed by atoms with Gasteiger partial charge in [-0.25, -0.2) is 0 Å². The van der Waals surface area contributed by atoms with Crippen molar-refractivity contribution in [3.05, 3.63) is 28.3 Å². The van der Waals surface area contributed by atoms with Gasteiger partial charge in [0.2, 0.25) is 0 Å². The van der Waals surface area contributed by atoms with Crippen molar-refractivity contribution in [1.82, 2.24) is 0 Å². The fourth-order valence-corrected chi connectivity index (χ4v) is 1.46. The number of rotatable bonds is 6. The van der Waals surface area contributed by atoms with E-state index in [1.165, 1.54) is 6.07 Å². The van der Waals surface area contributed by atoms with E-state index in [1.54, 1.807) is 12.1 Å². The van der Waals surface area contributed by atoms with E-state index >= 15 is 0 Å². The first-order valence-electron chi connectivity index (χ1n) is 5.43. The van der Waals surface area contributed by atoms with Crippen LogP contribution in [0.2, 0.25) is 0 Å². The predicted molar refractivity (Wildman–Crippen MR) is 65.5 cm³/mol. The summed E-state index contributed by atoms with van der Waals surface area (Å²) in [7, 11) is 0. The van der Waals surface area contributed by atoms with Gasteiger partial charge in [-0.05, 0) is 12.5 Å². The number of hydrogen-bond acceptors (Lipinski definition) is 4. The molecule has 0 aliphatic rings. The van der Waals surface area contributed by atoms with Crippen LogP contribution >= 0.6 is 0 Å². The zero-order valence-corrected chi connectivity index (χ0v) is 9.40. The molecule has 16 heavy (non-hydrogen) atoms. The van der Waals surface area contributed by atoms with Gasteiger partial charge < -0.3 is 11.1 Å². The molecule has 0 fully saturated rings. The fourth-order valence-electron chi connectivity index (χ4n) is 1.46. The summed E-state index contributed by atoms with van der Waals surface area (Å²) in [5.74, 6) is 0. The lowest BCUT2D eigenvalue weighted by molar-refractivity contribution is -0.383. The molecule has 0 atom stereocenters. The molecule has 0 aliphatic carbocycles. The number of hydrogen-bond donors (Lipinski definition) is 2. The Morgan fingerprint density at radius 2 is 2.19 bits per heavy atom. The Morgan fingerprint density at radius 3 is 2.81 bits per heavy atom. The minimum absolute atomic E-state index is 0.0412. The van der Waals surface area contributed by atoms with Crippen LogP contribution in [0, 0.1) is 10.1 Å². The largest absolute Gasteiger partial charge is 0.391 e. The molecular formula is C11H17N3O2. The monoisotopic (exact) mass is 223 g/mol. The number of benzene rings is 1. The number of para-hydroxylation sites is 1. The van der Waals surface area contributed by atoms with Gasteiger partial charge in [0.15, 0.2) is 0 Å². The predicted octanol–water partition coefficient (Wildman–Crippen LogP) is 2.78. The first-order valence-corrected chi connectivity index (χ1v) is 5.43. The Labute approximate surface area is 94.8 Å². The molecule has 0 heterocycles. The Morgan fingerprint density at radius 1 is 1.44 bits per heavy atom. The van der Waals surface area contributed by atoms with E-state index in [1.807, 2.05) is 0 Å². The number of anilines is 2. The standard InChI is InChI=1S/C11H17N3O2/c1-2-3-4-8-13-9-6-5-7-10(11(9)12)14(15)16/h5-7,13H,2-4,8,12H2,1H3. The van der Waals surface area contributed by atoms with Crippen molar-refractivity contribution >= 4 is 17.1 Å². The van der Waals surface area contributed by atoms with E-state index in [-0.39, 0.29) is 11.4 Å². The number of nitrogens with two attached hydrogens (primary N) is 1. The topological polar surface area (TPSA) is 81.2 Å². The lowest BCUT2D eigenvalue weighted by Crippen LogP contribution is -2.05. The van der Waals surface area contributed by atoms with Crippen LogP contribution in [0.25, 0.3) is 0 Å². The Balaban J connectivity index is 2.66. The molecule has 0 amide bonds. The van der Waals surface area contributed by atoms with Crippen molar-refractivity contribution in [2.45, 2.75) is 26.2 Å². The minimum Gasteiger partial charge on any atom is -0.391 e. The molecule has 1 aromatic carbocycles. The van der Waals surface area contributed by atoms with Crippen LogP contribution in [0.3, 0.4) is 0 Å². The van der Waals surface area contributed by atoms with Gasteiger partial charge in [-0.2, -0.15) is 0 Å². The summed E-state index contributed by atoms with van der Waals surface area (Å²) in [6.07, 6.45) is 3.33. The van der Waals surface area contributed by atoms with Crippen LogP contribution in [0.4, 0.5) is 17.1 Å². The van der Waals surface area contributed by atoms with Gasteiger partial charge in [-0.15, -0.1) is 0 Å². The van der Waals surface area contributed by atoms with E-state index in [0.717, 1.165) is 25.8 Å². The minimum atomic E-state index is -0.466. The van der Waals surface area contributed by atoms with Gasteiger partial charge in [0.25, 0.3) is 5.69 Å². The third-order valence-electron chi connectivity index (χ3n) is 2.38. The Bertz CT molecular complexity index is 366. The smallest absolute Gasteiger partial charge is 0.294 e. The number of nitrogen functional groups attached to an aromatic ring is 1. The summed E-state index contributed by atoms with van der Waals surface area (Å²) in [5, 5.41) is 13.8. The molecule has 3 N–H and O–H groups in total. The second-order valence-corrected chi connectivity index (χ2v) is 3.63. The first-order chi connectivity index (χ1) is 7.66. The SMILES string of the molecule is CCCCCNc1cccc([N+](=O)[O-])c1N. The zero-order valence-electron chi connectivity index (χ0n) is 9.40. The molecule has 1 rings (SSSR count). The van der Waals surface area contributed by atoms with E-state index in [9.17, 15) is 10.1 Å². The van der Waals surface area contributed by atoms with Crippen LogP contribution in [0.1, 0.15) is 26.2 Å². The molecule has 0 radical (unpaired) electrons. The second-order valence-electron chi connectivity index (χ2n) is 3.63. The Hall–Kier alpha value is -1.78. The molecule has 0 aliphatic heterocycles. The number of unbranched alkanes of at least 4 members (excludes halogenated alkanes) is 2. The van der Waals surface area contributed by atoms with E-state index in [4.69, 9.17) is 5.73 Å². The van der Waals surface area contributed by atoms with E-state index in [2.05, 4.69) is 12.2 Å². The maximum atomic E-state index is 10.6. The van der Waals surface area contributed by atoms with Crippen molar-refractivity contribution in [2.75, 3.05) is 17.6 Å². The molecule has 0 saturated carbocycles. The van der Waals surface area contributed by atoms with Gasteiger partial charge in [0.05, 0.1) is 10.6 Å². The van der Waals surface area contributed by atoms with Gasteiger partial charge in [-0.1, -0.05) is 25.8 Å². The van der Waals surface area contributed by atoms with Crippen LogP contribution in [-0.2, 0) is 0 Å². The highest BCUT2D eigenvalue weighted by molar-refractivity contribution is 5.75. The summed E-state index contributed by atoms with van der Waals surface area (Å²) in [6, 6.07) is 4.80. The van der Waals surface area contributed by atoms with Gasteiger partial charge in [0.1, 0.15) is 5.69 Å². The molecule has 0 aromatic heterocycles. The maximum Gasteiger partial charge on any atom is 0.294 e. The molecular weight excluding hydrogens is 206 g/mol. The van der Waals surface area contributed by atoms with Crippen molar-refractivity contribution in [3.63, 3.8) is 0 Å². The quantitative estimate of drug-likeness (QED) is 0.336. The molecule has 1 aromatic rings. The summed E-state index contributed by atoms with van der Waals surface area (Å²) >= 11 is 0. The number of nitro benzene ring substituents is 1. The fraction of sp³-hybridized carbons (Fsp3) is 0.455. The molecule has 0 bridgehead atoms. The second kappa shape index (κ2) is 5.95. The summed E-state index contributed by atoms with van der Waals surface area (Å²) in [6.45, 7) is 2.92. The zero-order chi connectivity index (χ0) is 12.0. The normalized spacial score (nSPS) is 10.1. The molecule has 0 saturated heterocycles. The van der Waals surface area contributed by atoms with Gasteiger partial charge in [-0.3, -0.25) is 10.1 Å². The van der Waals surface area contributed by atoms with Crippen molar-refractivity contribution in [2.24, 2.45) is 0 Å².